The lowest BCUT2D eigenvalue weighted by molar-refractivity contribution is -0.117. The van der Waals surface area contributed by atoms with Gasteiger partial charge in [0.25, 0.3) is 5.91 Å². The Morgan fingerprint density at radius 2 is 1.74 bits per heavy atom. The molecule has 1 N–H and O–H groups in total. The number of nitrogens with one attached hydrogen (secondary N) is 1. The molecule has 0 aliphatic carbocycles. The molecule has 0 aromatic heterocycles. The van der Waals surface area contributed by atoms with Crippen LogP contribution in [0, 0.1) is 0 Å². The van der Waals surface area contributed by atoms with Crippen LogP contribution in [0.4, 0.5) is 5.69 Å². The highest BCUT2D eigenvalue weighted by atomic mass is 16.6. The van der Waals surface area contributed by atoms with Gasteiger partial charge in [-0.2, -0.15) is 0 Å². The van der Waals surface area contributed by atoms with Gasteiger partial charge < -0.3 is 29.2 Å². The van der Waals surface area contributed by atoms with Crippen molar-refractivity contribution in [3.8, 4) is 23.0 Å². The van der Waals surface area contributed by atoms with E-state index < -0.39 is 0 Å². The first-order chi connectivity index (χ1) is 17.2. The number of anilines is 1. The molecule has 0 radical (unpaired) electrons. The molecule has 2 aromatic rings. The third-order valence-corrected chi connectivity index (χ3v) is 6.67. The molecule has 186 valence electrons. The van der Waals surface area contributed by atoms with Gasteiger partial charge in [-0.25, -0.2) is 0 Å². The SMILES string of the molecule is COc1ccc2c(c1)C=C(C(=O)NCCCCN1CCN(c3ccc4c(c3)OCCO4)CC1)CO2. The van der Waals surface area contributed by atoms with Gasteiger partial charge in [-0.15, -0.1) is 0 Å². The number of hydrogen-bond acceptors (Lipinski definition) is 7. The molecule has 3 aliphatic heterocycles. The van der Waals surface area contributed by atoms with Crippen molar-refractivity contribution in [2.45, 2.75) is 12.8 Å². The molecule has 35 heavy (non-hydrogen) atoms. The third kappa shape index (κ3) is 5.65. The summed E-state index contributed by atoms with van der Waals surface area (Å²) < 4.78 is 22.3. The number of nitrogens with zero attached hydrogens (tertiary/aromatic N) is 2. The molecular formula is C27H33N3O5. The van der Waals surface area contributed by atoms with Crippen LogP contribution in [0.5, 0.6) is 23.0 Å². The van der Waals surface area contributed by atoms with Crippen LogP contribution in [0.2, 0.25) is 0 Å². The van der Waals surface area contributed by atoms with Crippen LogP contribution < -0.4 is 29.2 Å². The van der Waals surface area contributed by atoms with Gasteiger partial charge in [0.05, 0.1) is 12.7 Å². The molecule has 0 bridgehead atoms. The highest BCUT2D eigenvalue weighted by Gasteiger charge is 2.20. The zero-order valence-corrected chi connectivity index (χ0v) is 20.3. The van der Waals surface area contributed by atoms with Crippen molar-refractivity contribution in [2.75, 3.05) is 71.1 Å². The van der Waals surface area contributed by atoms with E-state index in [9.17, 15) is 4.79 Å². The Morgan fingerprint density at radius 1 is 0.943 bits per heavy atom. The molecule has 8 heteroatoms. The standard InChI is InChI=1S/C27H33N3O5/c1-32-23-5-7-24-20(17-23)16-21(19-35-24)27(31)28-8-2-3-9-29-10-12-30(13-11-29)22-4-6-25-26(18-22)34-15-14-33-25/h4-7,16-18H,2-3,8-15,19H2,1H3,(H,28,31). The van der Waals surface area contributed by atoms with E-state index in [1.54, 1.807) is 7.11 Å². The fourth-order valence-electron chi connectivity index (χ4n) is 4.65. The average molecular weight is 480 g/mol. The van der Waals surface area contributed by atoms with Crippen LogP contribution >= 0.6 is 0 Å². The summed E-state index contributed by atoms with van der Waals surface area (Å²) in [7, 11) is 1.63. The molecule has 2 aromatic carbocycles. The Morgan fingerprint density at radius 3 is 2.57 bits per heavy atom. The number of hydrogen-bond donors (Lipinski definition) is 1. The van der Waals surface area contributed by atoms with Crippen LogP contribution in [-0.2, 0) is 4.79 Å². The van der Waals surface area contributed by atoms with Crippen molar-refractivity contribution in [1.29, 1.82) is 0 Å². The molecule has 5 rings (SSSR count). The summed E-state index contributed by atoms with van der Waals surface area (Å²) in [5.74, 6) is 3.14. The van der Waals surface area contributed by atoms with E-state index in [1.807, 2.05) is 30.3 Å². The minimum atomic E-state index is -0.0634. The second-order valence-electron chi connectivity index (χ2n) is 8.98. The second-order valence-corrected chi connectivity index (χ2v) is 8.98. The fraction of sp³-hybridized carbons (Fsp3) is 0.444. The maximum absolute atomic E-state index is 12.6. The summed E-state index contributed by atoms with van der Waals surface area (Å²) in [4.78, 5) is 17.5. The maximum atomic E-state index is 12.6. The first-order valence-corrected chi connectivity index (χ1v) is 12.4. The third-order valence-electron chi connectivity index (χ3n) is 6.67. The van der Waals surface area contributed by atoms with Crippen molar-refractivity contribution in [1.82, 2.24) is 10.2 Å². The van der Waals surface area contributed by atoms with Crippen LogP contribution in [-0.4, -0.2) is 77.0 Å². The number of rotatable bonds is 8. The fourth-order valence-corrected chi connectivity index (χ4v) is 4.65. The summed E-state index contributed by atoms with van der Waals surface area (Å²) >= 11 is 0. The number of ether oxygens (including phenoxy) is 4. The highest BCUT2D eigenvalue weighted by molar-refractivity contribution is 5.99. The van der Waals surface area contributed by atoms with Crippen molar-refractivity contribution in [2.24, 2.45) is 0 Å². The van der Waals surface area contributed by atoms with Gasteiger partial charge >= 0.3 is 0 Å². The molecule has 8 nitrogen and oxygen atoms in total. The Kier molecular flexibility index (Phi) is 7.28. The molecule has 1 amide bonds. The summed E-state index contributed by atoms with van der Waals surface area (Å²) in [6.07, 6.45) is 3.89. The van der Waals surface area contributed by atoms with E-state index >= 15 is 0 Å². The quantitative estimate of drug-likeness (QED) is 0.584. The minimum Gasteiger partial charge on any atom is -0.497 e. The number of methoxy groups -OCH3 is 1. The normalized spacial score (nSPS) is 17.2. The van der Waals surface area contributed by atoms with E-state index in [0.717, 1.165) is 74.1 Å². The predicted octanol–water partition coefficient (Wildman–Crippen LogP) is 2.96. The minimum absolute atomic E-state index is 0.0634. The summed E-state index contributed by atoms with van der Waals surface area (Å²) in [6, 6.07) is 11.8. The van der Waals surface area contributed by atoms with Gasteiger partial charge in [0.15, 0.2) is 11.5 Å². The lowest BCUT2D eigenvalue weighted by atomic mass is 10.1. The molecule has 0 saturated carbocycles. The van der Waals surface area contributed by atoms with Crippen LogP contribution in [0.1, 0.15) is 18.4 Å². The van der Waals surface area contributed by atoms with Gasteiger partial charge in [0, 0.05) is 50.0 Å². The van der Waals surface area contributed by atoms with E-state index in [2.05, 4.69) is 27.2 Å². The Bertz CT molecular complexity index is 1080. The summed E-state index contributed by atoms with van der Waals surface area (Å²) in [5.41, 5.74) is 2.70. The zero-order chi connectivity index (χ0) is 24.0. The van der Waals surface area contributed by atoms with Gasteiger partial charge in [-0.1, -0.05) is 0 Å². The monoisotopic (exact) mass is 479 g/mol. The smallest absolute Gasteiger partial charge is 0.250 e. The average Bonchev–Trinajstić information content (AvgIpc) is 2.92. The molecule has 1 saturated heterocycles. The molecule has 1 fully saturated rings. The van der Waals surface area contributed by atoms with E-state index in [0.29, 0.717) is 31.9 Å². The van der Waals surface area contributed by atoms with Gasteiger partial charge in [0.1, 0.15) is 31.3 Å². The topological polar surface area (TPSA) is 72.5 Å². The predicted molar refractivity (Wildman–Crippen MR) is 135 cm³/mol. The second kappa shape index (κ2) is 10.9. The molecule has 3 heterocycles. The molecule has 0 atom stereocenters. The number of piperazine rings is 1. The lowest BCUT2D eigenvalue weighted by Gasteiger charge is -2.36. The first-order valence-electron chi connectivity index (χ1n) is 12.4. The molecule has 0 unspecified atom stereocenters. The van der Waals surface area contributed by atoms with Gasteiger partial charge in [-0.3, -0.25) is 9.69 Å². The number of unbranched alkanes of at least 4 members (excludes halogenated alkanes) is 1. The van der Waals surface area contributed by atoms with Crippen LogP contribution in [0.3, 0.4) is 0 Å². The van der Waals surface area contributed by atoms with E-state index in [4.69, 9.17) is 18.9 Å². The summed E-state index contributed by atoms with van der Waals surface area (Å²) in [5, 5.41) is 3.04. The van der Waals surface area contributed by atoms with E-state index in [1.165, 1.54) is 5.69 Å². The number of carbonyl (C=O) groups excluding carboxylic acids is 1. The molecule has 0 spiro atoms. The number of amides is 1. The van der Waals surface area contributed by atoms with Crippen molar-refractivity contribution in [3.05, 3.63) is 47.5 Å². The summed E-state index contributed by atoms with van der Waals surface area (Å²) in [6.45, 7) is 7.29. The van der Waals surface area contributed by atoms with E-state index in [-0.39, 0.29) is 5.91 Å². The van der Waals surface area contributed by atoms with Crippen molar-refractivity contribution < 1.29 is 23.7 Å². The Labute approximate surface area is 206 Å². The number of fused-ring (bicyclic) bond motifs is 2. The first kappa shape index (κ1) is 23.4. The maximum Gasteiger partial charge on any atom is 0.250 e. The van der Waals surface area contributed by atoms with Crippen LogP contribution in [0.25, 0.3) is 6.08 Å². The van der Waals surface area contributed by atoms with Crippen LogP contribution in [0.15, 0.2) is 42.0 Å². The van der Waals surface area contributed by atoms with Gasteiger partial charge in [0.2, 0.25) is 0 Å². The largest absolute Gasteiger partial charge is 0.497 e. The Hall–Kier alpha value is -3.39. The molecule has 3 aliphatic rings. The van der Waals surface area contributed by atoms with Gasteiger partial charge in [-0.05, 0) is 55.8 Å². The zero-order valence-electron chi connectivity index (χ0n) is 20.3. The van der Waals surface area contributed by atoms with Crippen molar-refractivity contribution >= 4 is 17.7 Å². The number of benzene rings is 2. The van der Waals surface area contributed by atoms with Crippen molar-refractivity contribution in [3.63, 3.8) is 0 Å². The lowest BCUT2D eigenvalue weighted by Crippen LogP contribution is -2.46. The molecular weight excluding hydrogens is 446 g/mol. The highest BCUT2D eigenvalue weighted by Crippen LogP contribution is 2.34. The Balaban J connectivity index is 1.01. The number of carbonyl (C=O) groups is 1.